The van der Waals surface area contributed by atoms with Gasteiger partial charge in [0.05, 0.1) is 21.2 Å². The number of sulfonamides is 1. The molecule has 4 aromatic rings. The number of hydrogen-bond donors (Lipinski definition) is 2. The Hall–Kier alpha value is -2.61. The largest absolute Gasteiger partial charge is 0.279 e. The molecule has 142 valence electrons. The number of nitrogens with zero attached hydrogens (tertiary/aromatic N) is 1. The van der Waals surface area contributed by atoms with Crippen molar-refractivity contribution in [2.45, 2.75) is 4.90 Å². The lowest BCUT2D eigenvalue weighted by molar-refractivity contribution is 0.570. The number of nitrogens with one attached hydrogen (secondary N) is 2. The monoisotopic (exact) mass is 435 g/mol. The van der Waals surface area contributed by atoms with Gasteiger partial charge in [0, 0.05) is 10.9 Å². The second-order valence-corrected chi connectivity index (χ2v) is 8.44. The van der Waals surface area contributed by atoms with Crippen molar-refractivity contribution in [2.24, 2.45) is 0 Å². The summed E-state index contributed by atoms with van der Waals surface area (Å²) < 4.78 is 41.5. The van der Waals surface area contributed by atoms with E-state index in [0.717, 1.165) is 17.0 Å². The van der Waals surface area contributed by atoms with E-state index in [2.05, 4.69) is 14.9 Å². The molecule has 0 saturated heterocycles. The first kappa shape index (κ1) is 18.7. The van der Waals surface area contributed by atoms with Crippen LogP contribution in [0.5, 0.6) is 0 Å². The molecule has 0 saturated carbocycles. The highest BCUT2D eigenvalue weighted by Gasteiger charge is 2.21. The summed E-state index contributed by atoms with van der Waals surface area (Å²) in [5.41, 5.74) is 2.25. The van der Waals surface area contributed by atoms with E-state index in [1.165, 1.54) is 12.1 Å². The first-order valence-corrected chi connectivity index (χ1v) is 10.3. The number of aromatic amines is 1. The third-order valence-electron chi connectivity index (χ3n) is 4.15. The predicted molar refractivity (Wildman–Crippen MR) is 109 cm³/mol. The number of hydrogen-bond acceptors (Lipinski definition) is 3. The zero-order valence-corrected chi connectivity index (χ0v) is 16.4. The molecule has 0 aliphatic rings. The van der Waals surface area contributed by atoms with Crippen molar-refractivity contribution in [2.75, 3.05) is 4.72 Å². The summed E-state index contributed by atoms with van der Waals surface area (Å²) in [5.74, 6) is -1.000. The first-order chi connectivity index (χ1) is 13.4. The molecule has 5 nitrogen and oxygen atoms in total. The van der Waals surface area contributed by atoms with Gasteiger partial charge in [-0.25, -0.2) is 12.8 Å². The highest BCUT2D eigenvalue weighted by atomic mass is 35.5. The topological polar surface area (TPSA) is 74.8 Å². The number of H-pyrrole nitrogens is 1. The molecule has 3 aromatic carbocycles. The van der Waals surface area contributed by atoms with Gasteiger partial charge in [-0.15, -0.1) is 0 Å². The minimum atomic E-state index is -4.15. The summed E-state index contributed by atoms with van der Waals surface area (Å²) in [6, 6.07) is 15.9. The third kappa shape index (κ3) is 3.32. The molecule has 0 spiro atoms. The fourth-order valence-electron chi connectivity index (χ4n) is 2.84. The van der Waals surface area contributed by atoms with E-state index in [4.69, 9.17) is 23.2 Å². The maximum atomic E-state index is 14.1. The van der Waals surface area contributed by atoms with E-state index in [0.29, 0.717) is 16.2 Å². The van der Waals surface area contributed by atoms with Crippen LogP contribution in [0.25, 0.3) is 22.2 Å². The van der Waals surface area contributed by atoms with E-state index >= 15 is 0 Å². The molecule has 0 amide bonds. The van der Waals surface area contributed by atoms with Gasteiger partial charge in [-0.3, -0.25) is 9.82 Å². The maximum Gasteiger partial charge on any atom is 0.264 e. The number of fused-ring (bicyclic) bond motifs is 1. The Morgan fingerprint density at radius 2 is 1.71 bits per heavy atom. The van der Waals surface area contributed by atoms with Crippen LogP contribution in [-0.2, 0) is 10.0 Å². The average molecular weight is 436 g/mol. The molecular formula is C19H12Cl2FN3O2S. The molecule has 0 atom stereocenters. The molecule has 0 aliphatic carbocycles. The Kier molecular flexibility index (Phi) is 4.74. The Balaban J connectivity index is 1.72. The molecule has 0 radical (unpaired) electrons. The predicted octanol–water partition coefficient (Wildman–Crippen LogP) is 5.48. The SMILES string of the molecule is O=S(=O)(Nc1ccc2c(-c3ccccc3Cl)n[nH]c2c1)c1cccc(Cl)c1F. The van der Waals surface area contributed by atoms with Gasteiger partial charge < -0.3 is 0 Å². The van der Waals surface area contributed by atoms with Crippen molar-refractivity contribution in [3.05, 3.63) is 76.5 Å². The van der Waals surface area contributed by atoms with Crippen molar-refractivity contribution in [3.63, 3.8) is 0 Å². The van der Waals surface area contributed by atoms with Gasteiger partial charge in [0.15, 0.2) is 5.82 Å². The quantitative estimate of drug-likeness (QED) is 0.445. The van der Waals surface area contributed by atoms with Crippen molar-refractivity contribution < 1.29 is 12.8 Å². The Bertz CT molecular complexity index is 1310. The minimum Gasteiger partial charge on any atom is -0.279 e. The van der Waals surface area contributed by atoms with Gasteiger partial charge in [0.25, 0.3) is 10.0 Å². The van der Waals surface area contributed by atoms with Crippen LogP contribution < -0.4 is 4.72 Å². The first-order valence-electron chi connectivity index (χ1n) is 8.07. The van der Waals surface area contributed by atoms with E-state index in [1.807, 2.05) is 18.2 Å². The Morgan fingerprint density at radius 1 is 0.964 bits per heavy atom. The fraction of sp³-hybridized carbons (Fsp3) is 0. The molecular weight excluding hydrogens is 424 g/mol. The number of halogens is 3. The fourth-order valence-corrected chi connectivity index (χ4v) is 4.45. The normalized spacial score (nSPS) is 11.7. The molecule has 28 heavy (non-hydrogen) atoms. The zero-order chi connectivity index (χ0) is 19.9. The number of benzene rings is 3. The second kappa shape index (κ2) is 7.09. The molecule has 2 N–H and O–H groups in total. The summed E-state index contributed by atoms with van der Waals surface area (Å²) in [4.78, 5) is -0.526. The van der Waals surface area contributed by atoms with Gasteiger partial charge in [0.2, 0.25) is 0 Å². The van der Waals surface area contributed by atoms with Crippen LogP contribution in [0.1, 0.15) is 0 Å². The highest BCUT2D eigenvalue weighted by molar-refractivity contribution is 7.92. The number of aromatic nitrogens is 2. The summed E-state index contributed by atoms with van der Waals surface area (Å²) in [6.45, 7) is 0. The Morgan fingerprint density at radius 3 is 2.50 bits per heavy atom. The Labute approximate surface area is 170 Å². The van der Waals surface area contributed by atoms with Gasteiger partial charge in [0.1, 0.15) is 10.6 Å². The molecule has 1 aromatic heterocycles. The lowest BCUT2D eigenvalue weighted by Gasteiger charge is -2.09. The highest BCUT2D eigenvalue weighted by Crippen LogP contribution is 2.33. The van der Waals surface area contributed by atoms with E-state index in [1.54, 1.807) is 24.3 Å². The summed E-state index contributed by atoms with van der Waals surface area (Å²) in [6.07, 6.45) is 0. The smallest absolute Gasteiger partial charge is 0.264 e. The van der Waals surface area contributed by atoms with Gasteiger partial charge in [-0.1, -0.05) is 47.5 Å². The van der Waals surface area contributed by atoms with Crippen molar-refractivity contribution in [3.8, 4) is 11.3 Å². The van der Waals surface area contributed by atoms with Gasteiger partial charge in [-0.05, 0) is 36.4 Å². The summed E-state index contributed by atoms with van der Waals surface area (Å²) in [7, 11) is -4.15. The molecule has 1 heterocycles. The van der Waals surface area contributed by atoms with Gasteiger partial charge >= 0.3 is 0 Å². The van der Waals surface area contributed by atoms with E-state index in [9.17, 15) is 12.8 Å². The number of anilines is 1. The molecule has 0 aliphatic heterocycles. The van der Waals surface area contributed by atoms with Crippen LogP contribution in [0.3, 0.4) is 0 Å². The average Bonchev–Trinajstić information content (AvgIpc) is 3.07. The molecule has 0 fully saturated rings. The third-order valence-corrected chi connectivity index (χ3v) is 6.17. The minimum absolute atomic E-state index is 0.251. The molecule has 0 unspecified atom stereocenters. The summed E-state index contributed by atoms with van der Waals surface area (Å²) >= 11 is 11.9. The number of rotatable bonds is 4. The zero-order valence-electron chi connectivity index (χ0n) is 14.1. The van der Waals surface area contributed by atoms with Crippen LogP contribution in [0.2, 0.25) is 10.0 Å². The molecule has 0 bridgehead atoms. The van der Waals surface area contributed by atoms with Crippen molar-refractivity contribution in [1.82, 2.24) is 10.2 Å². The van der Waals surface area contributed by atoms with Crippen LogP contribution in [-0.4, -0.2) is 18.6 Å². The van der Waals surface area contributed by atoms with Crippen molar-refractivity contribution in [1.29, 1.82) is 0 Å². The van der Waals surface area contributed by atoms with Crippen LogP contribution in [0.4, 0.5) is 10.1 Å². The van der Waals surface area contributed by atoms with Crippen molar-refractivity contribution >= 4 is 49.8 Å². The molecule has 9 heteroatoms. The second-order valence-electron chi connectivity index (χ2n) is 5.97. The van der Waals surface area contributed by atoms with Crippen LogP contribution in [0, 0.1) is 5.82 Å². The van der Waals surface area contributed by atoms with E-state index in [-0.39, 0.29) is 10.7 Å². The standard InChI is InChI=1S/C19H12Cl2FN3O2S/c20-14-5-2-1-4-12(14)19-13-9-8-11(10-16(13)23-24-19)25-28(26,27)17-7-3-6-15(21)18(17)22/h1-10,25H,(H,23,24). The van der Waals surface area contributed by atoms with Crippen LogP contribution in [0.15, 0.2) is 65.6 Å². The maximum absolute atomic E-state index is 14.1. The van der Waals surface area contributed by atoms with Crippen LogP contribution >= 0.6 is 23.2 Å². The lowest BCUT2D eigenvalue weighted by atomic mass is 10.1. The lowest BCUT2D eigenvalue weighted by Crippen LogP contribution is -2.14. The van der Waals surface area contributed by atoms with Gasteiger partial charge in [-0.2, -0.15) is 5.10 Å². The summed E-state index contributed by atoms with van der Waals surface area (Å²) in [5, 5.41) is 8.20. The molecule has 4 rings (SSSR count). The van der Waals surface area contributed by atoms with E-state index < -0.39 is 20.7 Å².